The maximum atomic E-state index is 11.7. The summed E-state index contributed by atoms with van der Waals surface area (Å²) in [5.41, 5.74) is 0.178. The van der Waals surface area contributed by atoms with Gasteiger partial charge in [-0.25, -0.2) is 4.79 Å². The standard InChI is InChI=1S/C15H18ClN3O3/c1-9(17-14(20)21-15(2,3)4)13-18-12(19-22-13)10-6-5-7-11(16)8-10/h5-9H,1-4H3,(H,17,20). The maximum absolute atomic E-state index is 11.7. The summed E-state index contributed by atoms with van der Waals surface area (Å²) in [4.78, 5) is 16.0. The van der Waals surface area contributed by atoms with Crippen molar-refractivity contribution in [3.05, 3.63) is 35.2 Å². The van der Waals surface area contributed by atoms with Gasteiger partial charge in [-0.15, -0.1) is 0 Å². The molecule has 2 rings (SSSR count). The van der Waals surface area contributed by atoms with E-state index in [0.29, 0.717) is 16.7 Å². The van der Waals surface area contributed by atoms with Crippen LogP contribution in [0, 0.1) is 0 Å². The molecule has 22 heavy (non-hydrogen) atoms. The number of benzene rings is 1. The van der Waals surface area contributed by atoms with E-state index in [1.807, 2.05) is 6.07 Å². The molecule has 1 amide bonds. The van der Waals surface area contributed by atoms with Crippen LogP contribution in [0.3, 0.4) is 0 Å². The third-order valence-corrected chi connectivity index (χ3v) is 2.86. The van der Waals surface area contributed by atoms with Crippen molar-refractivity contribution in [2.45, 2.75) is 39.3 Å². The number of nitrogens with one attached hydrogen (secondary N) is 1. The van der Waals surface area contributed by atoms with Crippen molar-refractivity contribution in [3.8, 4) is 11.4 Å². The quantitative estimate of drug-likeness (QED) is 0.924. The van der Waals surface area contributed by atoms with Crippen molar-refractivity contribution < 1.29 is 14.1 Å². The van der Waals surface area contributed by atoms with E-state index in [4.69, 9.17) is 20.9 Å². The number of ether oxygens (including phenoxy) is 1. The third-order valence-electron chi connectivity index (χ3n) is 2.63. The van der Waals surface area contributed by atoms with Gasteiger partial charge in [0.15, 0.2) is 0 Å². The summed E-state index contributed by atoms with van der Waals surface area (Å²) in [6.07, 6.45) is -0.539. The second-order valence-electron chi connectivity index (χ2n) is 5.83. The van der Waals surface area contributed by atoms with Gasteiger partial charge >= 0.3 is 6.09 Å². The van der Waals surface area contributed by atoms with E-state index in [-0.39, 0.29) is 0 Å². The molecule has 1 aromatic carbocycles. The van der Waals surface area contributed by atoms with Crippen LogP contribution in [0.1, 0.15) is 39.6 Å². The van der Waals surface area contributed by atoms with Crippen LogP contribution in [0.4, 0.5) is 4.79 Å². The highest BCUT2D eigenvalue weighted by Gasteiger charge is 2.21. The molecule has 2 aromatic rings. The molecule has 0 aliphatic carbocycles. The lowest BCUT2D eigenvalue weighted by atomic mass is 10.2. The lowest BCUT2D eigenvalue weighted by Crippen LogP contribution is -2.34. The smallest absolute Gasteiger partial charge is 0.408 e. The van der Waals surface area contributed by atoms with Crippen LogP contribution in [0.2, 0.25) is 5.02 Å². The fourth-order valence-corrected chi connectivity index (χ4v) is 1.89. The van der Waals surface area contributed by atoms with Gasteiger partial charge in [0.2, 0.25) is 11.7 Å². The van der Waals surface area contributed by atoms with Gasteiger partial charge in [-0.2, -0.15) is 4.98 Å². The molecular weight excluding hydrogens is 306 g/mol. The van der Waals surface area contributed by atoms with Crippen molar-refractivity contribution in [2.75, 3.05) is 0 Å². The van der Waals surface area contributed by atoms with E-state index in [1.165, 1.54) is 0 Å². The highest BCUT2D eigenvalue weighted by molar-refractivity contribution is 6.30. The van der Waals surface area contributed by atoms with Gasteiger partial charge < -0.3 is 14.6 Å². The van der Waals surface area contributed by atoms with Crippen molar-refractivity contribution in [3.63, 3.8) is 0 Å². The van der Waals surface area contributed by atoms with Gasteiger partial charge in [0.25, 0.3) is 0 Å². The van der Waals surface area contributed by atoms with E-state index in [0.717, 1.165) is 5.56 Å². The molecule has 1 N–H and O–H groups in total. The molecule has 0 saturated heterocycles. The van der Waals surface area contributed by atoms with Crippen molar-refractivity contribution in [1.29, 1.82) is 0 Å². The zero-order valence-corrected chi connectivity index (χ0v) is 13.6. The number of carbonyl (C=O) groups is 1. The fraction of sp³-hybridized carbons (Fsp3) is 0.400. The Hall–Kier alpha value is -2.08. The Morgan fingerprint density at radius 3 is 2.77 bits per heavy atom. The predicted octanol–water partition coefficient (Wildman–Crippen LogP) is 3.98. The van der Waals surface area contributed by atoms with Crippen LogP contribution < -0.4 is 5.32 Å². The van der Waals surface area contributed by atoms with Crippen LogP contribution >= 0.6 is 11.6 Å². The molecule has 118 valence electrons. The molecule has 0 fully saturated rings. The van der Waals surface area contributed by atoms with Gasteiger partial charge in [0.1, 0.15) is 11.6 Å². The first-order valence-electron chi connectivity index (χ1n) is 6.83. The molecular formula is C15H18ClN3O3. The number of halogens is 1. The first-order chi connectivity index (χ1) is 10.2. The predicted molar refractivity (Wildman–Crippen MR) is 82.5 cm³/mol. The Balaban J connectivity index is 2.06. The first-order valence-corrected chi connectivity index (χ1v) is 7.21. The molecule has 1 atom stereocenters. The monoisotopic (exact) mass is 323 g/mol. The Labute approximate surface area is 133 Å². The molecule has 0 spiro atoms. The minimum atomic E-state index is -0.565. The highest BCUT2D eigenvalue weighted by Crippen LogP contribution is 2.21. The Kier molecular flexibility index (Phi) is 4.71. The van der Waals surface area contributed by atoms with Crippen molar-refractivity contribution in [2.24, 2.45) is 0 Å². The lowest BCUT2D eigenvalue weighted by molar-refractivity contribution is 0.0499. The van der Waals surface area contributed by atoms with Gasteiger partial charge in [-0.3, -0.25) is 0 Å². The second-order valence-corrected chi connectivity index (χ2v) is 6.27. The van der Waals surface area contributed by atoms with E-state index in [2.05, 4.69) is 15.5 Å². The van der Waals surface area contributed by atoms with Crippen LogP contribution in [0.25, 0.3) is 11.4 Å². The average molecular weight is 324 g/mol. The minimum absolute atomic E-state index is 0.292. The third kappa shape index (κ3) is 4.46. The largest absolute Gasteiger partial charge is 0.444 e. The zero-order valence-electron chi connectivity index (χ0n) is 12.9. The number of hydrogen-bond acceptors (Lipinski definition) is 5. The zero-order chi connectivity index (χ0) is 16.3. The molecule has 6 nitrogen and oxygen atoms in total. The van der Waals surface area contributed by atoms with Gasteiger partial charge in [-0.1, -0.05) is 28.9 Å². The number of alkyl carbamates (subject to hydrolysis) is 1. The van der Waals surface area contributed by atoms with Crippen LogP contribution in [0.15, 0.2) is 28.8 Å². The molecule has 1 heterocycles. The van der Waals surface area contributed by atoms with E-state index in [1.54, 1.807) is 45.9 Å². The van der Waals surface area contributed by atoms with Crippen LogP contribution in [-0.2, 0) is 4.74 Å². The summed E-state index contributed by atoms with van der Waals surface area (Å²) in [5.74, 6) is 0.705. The number of rotatable bonds is 3. The summed E-state index contributed by atoms with van der Waals surface area (Å²) < 4.78 is 10.4. The molecule has 0 aliphatic heterocycles. The molecule has 0 aliphatic rings. The van der Waals surface area contributed by atoms with Crippen LogP contribution in [-0.4, -0.2) is 21.8 Å². The summed E-state index contributed by atoms with van der Waals surface area (Å²) >= 11 is 5.93. The van der Waals surface area contributed by atoms with E-state index < -0.39 is 17.7 Å². The van der Waals surface area contributed by atoms with E-state index >= 15 is 0 Å². The first kappa shape index (κ1) is 16.3. The number of aromatic nitrogens is 2. The average Bonchev–Trinajstić information content (AvgIpc) is 2.85. The van der Waals surface area contributed by atoms with Crippen molar-refractivity contribution >= 4 is 17.7 Å². The Bertz CT molecular complexity index is 664. The summed E-state index contributed by atoms with van der Waals surface area (Å²) in [6.45, 7) is 7.11. The number of hydrogen-bond donors (Lipinski definition) is 1. The number of amides is 1. The molecule has 7 heteroatoms. The molecule has 0 saturated carbocycles. The molecule has 0 bridgehead atoms. The molecule has 1 aromatic heterocycles. The van der Waals surface area contributed by atoms with Gasteiger partial charge in [-0.05, 0) is 39.8 Å². The second kappa shape index (κ2) is 6.36. The number of carbonyl (C=O) groups excluding carboxylic acids is 1. The van der Waals surface area contributed by atoms with Gasteiger partial charge in [0.05, 0.1) is 0 Å². The maximum Gasteiger partial charge on any atom is 0.408 e. The highest BCUT2D eigenvalue weighted by atomic mass is 35.5. The summed E-state index contributed by atoms with van der Waals surface area (Å²) in [6, 6.07) is 6.67. The normalized spacial score (nSPS) is 12.8. The Morgan fingerprint density at radius 2 is 2.14 bits per heavy atom. The Morgan fingerprint density at radius 1 is 1.41 bits per heavy atom. The fourth-order valence-electron chi connectivity index (χ4n) is 1.70. The van der Waals surface area contributed by atoms with Gasteiger partial charge in [0, 0.05) is 10.6 Å². The summed E-state index contributed by atoms with van der Waals surface area (Å²) in [5, 5.41) is 7.13. The lowest BCUT2D eigenvalue weighted by Gasteiger charge is -2.20. The van der Waals surface area contributed by atoms with E-state index in [9.17, 15) is 4.79 Å². The topological polar surface area (TPSA) is 77.2 Å². The number of nitrogens with zero attached hydrogens (tertiary/aromatic N) is 2. The minimum Gasteiger partial charge on any atom is -0.444 e. The SMILES string of the molecule is CC(NC(=O)OC(C)(C)C)c1nc(-c2cccc(Cl)c2)no1. The van der Waals surface area contributed by atoms with Crippen molar-refractivity contribution in [1.82, 2.24) is 15.5 Å². The molecule has 0 radical (unpaired) electrons. The van der Waals surface area contributed by atoms with Crippen LogP contribution in [0.5, 0.6) is 0 Å². The molecule has 1 unspecified atom stereocenters. The summed E-state index contributed by atoms with van der Waals surface area (Å²) in [7, 11) is 0.